The third-order valence-electron chi connectivity index (χ3n) is 5.25. The van der Waals surface area contributed by atoms with Crippen molar-refractivity contribution in [3.8, 4) is 0 Å². The molecular formula is C19H27N3O3S2. The van der Waals surface area contributed by atoms with Crippen LogP contribution in [0.3, 0.4) is 0 Å². The van der Waals surface area contributed by atoms with Crippen LogP contribution in [0.4, 0.5) is 11.4 Å². The van der Waals surface area contributed by atoms with Crippen LogP contribution in [0.25, 0.3) is 0 Å². The highest BCUT2D eigenvalue weighted by atomic mass is 32.2. The number of sulfone groups is 1. The Labute approximate surface area is 165 Å². The van der Waals surface area contributed by atoms with Gasteiger partial charge in [-0.15, -0.1) is 0 Å². The summed E-state index contributed by atoms with van der Waals surface area (Å²) in [5, 5.41) is 0.561. The Morgan fingerprint density at radius 3 is 2.41 bits per heavy atom. The second-order valence-corrected chi connectivity index (χ2v) is 10.7. The second-order valence-electron chi connectivity index (χ2n) is 7.33. The first-order valence-corrected chi connectivity index (χ1v) is 12.0. The molecule has 3 rings (SSSR count). The lowest BCUT2D eigenvalue weighted by Crippen LogP contribution is -2.38. The van der Waals surface area contributed by atoms with Crippen LogP contribution in [0.15, 0.2) is 29.3 Å². The maximum atomic E-state index is 12.6. The largest absolute Gasteiger partial charge is 0.378 e. The first kappa shape index (κ1) is 20.2. The minimum atomic E-state index is -3.06. The molecule has 2 fully saturated rings. The molecule has 0 bridgehead atoms. The van der Waals surface area contributed by atoms with Crippen LogP contribution in [0.2, 0.25) is 0 Å². The van der Waals surface area contributed by atoms with E-state index in [2.05, 4.69) is 4.99 Å². The number of anilines is 2. The molecular weight excluding hydrogens is 382 g/mol. The summed E-state index contributed by atoms with van der Waals surface area (Å²) in [6.45, 7) is 3.99. The zero-order valence-electron chi connectivity index (χ0n) is 16.3. The summed E-state index contributed by atoms with van der Waals surface area (Å²) >= 11 is 1.43. The summed E-state index contributed by atoms with van der Waals surface area (Å²) in [6, 6.07) is 7.77. The Kier molecular flexibility index (Phi) is 5.86. The first-order chi connectivity index (χ1) is 12.8. The van der Waals surface area contributed by atoms with E-state index in [0.29, 0.717) is 5.17 Å². The van der Waals surface area contributed by atoms with Gasteiger partial charge in [-0.2, -0.15) is 4.99 Å². The highest BCUT2D eigenvalue weighted by Crippen LogP contribution is 2.41. The Balaban J connectivity index is 1.96. The van der Waals surface area contributed by atoms with Crippen LogP contribution in [0, 0.1) is 5.92 Å². The third kappa shape index (κ3) is 4.16. The fourth-order valence-electron chi connectivity index (χ4n) is 3.60. The van der Waals surface area contributed by atoms with Crippen molar-refractivity contribution in [1.29, 1.82) is 0 Å². The van der Waals surface area contributed by atoms with E-state index in [9.17, 15) is 13.2 Å². The van der Waals surface area contributed by atoms with E-state index in [1.807, 2.05) is 62.0 Å². The minimum Gasteiger partial charge on any atom is -0.378 e. The van der Waals surface area contributed by atoms with E-state index in [-0.39, 0.29) is 34.6 Å². The van der Waals surface area contributed by atoms with E-state index in [0.717, 1.165) is 24.2 Å². The monoisotopic (exact) mass is 409 g/mol. The molecule has 0 aliphatic carbocycles. The molecule has 2 saturated heterocycles. The number of hydrogen-bond donors (Lipinski definition) is 0. The van der Waals surface area contributed by atoms with Gasteiger partial charge in [-0.05, 0) is 37.1 Å². The summed E-state index contributed by atoms with van der Waals surface area (Å²) < 4.78 is 24.3. The van der Waals surface area contributed by atoms with Gasteiger partial charge in [0, 0.05) is 36.6 Å². The van der Waals surface area contributed by atoms with Crippen LogP contribution in [-0.4, -0.2) is 56.4 Å². The predicted octanol–water partition coefficient (Wildman–Crippen LogP) is 2.79. The van der Waals surface area contributed by atoms with E-state index in [1.165, 1.54) is 11.8 Å². The summed E-state index contributed by atoms with van der Waals surface area (Å²) in [5.74, 6) is 0.0611. The zero-order chi connectivity index (χ0) is 19.8. The quantitative estimate of drug-likeness (QED) is 0.745. The molecule has 2 atom stereocenters. The van der Waals surface area contributed by atoms with E-state index in [1.54, 1.807) is 0 Å². The lowest BCUT2D eigenvalue weighted by Gasteiger charge is -2.25. The van der Waals surface area contributed by atoms with Crippen molar-refractivity contribution >= 4 is 44.0 Å². The Morgan fingerprint density at radius 2 is 1.85 bits per heavy atom. The minimum absolute atomic E-state index is 0.0724. The molecule has 1 amide bonds. The standard InChI is InChI=1S/C19H27N3O3S2/c1-5-13(6-2)18(23)20-19-22(15-9-7-14(8-10-15)21(3)4)16-11-27(24,25)12-17(16)26-19/h7-10,13,16-17H,5-6,11-12H2,1-4H3/t16-,17+/m1/s1. The van der Waals surface area contributed by atoms with Gasteiger partial charge in [0.15, 0.2) is 15.0 Å². The smallest absolute Gasteiger partial charge is 0.251 e. The molecule has 2 aliphatic rings. The van der Waals surface area contributed by atoms with Crippen molar-refractivity contribution in [2.75, 3.05) is 35.4 Å². The number of thioether (sulfide) groups is 1. The molecule has 0 unspecified atom stereocenters. The highest BCUT2D eigenvalue weighted by Gasteiger charge is 2.49. The number of rotatable bonds is 5. The molecule has 0 aromatic heterocycles. The van der Waals surface area contributed by atoms with Crippen molar-refractivity contribution in [3.05, 3.63) is 24.3 Å². The summed E-state index contributed by atoms with van der Waals surface area (Å²) in [6.07, 6.45) is 1.52. The summed E-state index contributed by atoms with van der Waals surface area (Å²) in [7, 11) is 0.891. The number of carbonyl (C=O) groups excluding carboxylic acids is 1. The van der Waals surface area contributed by atoms with Crippen molar-refractivity contribution < 1.29 is 13.2 Å². The summed E-state index contributed by atoms with van der Waals surface area (Å²) in [5.41, 5.74) is 1.95. The lowest BCUT2D eigenvalue weighted by molar-refractivity contribution is -0.121. The van der Waals surface area contributed by atoms with E-state index < -0.39 is 9.84 Å². The van der Waals surface area contributed by atoms with Gasteiger partial charge in [-0.3, -0.25) is 4.79 Å². The first-order valence-electron chi connectivity index (χ1n) is 9.32. The fourth-order valence-corrected chi connectivity index (χ4v) is 7.52. The molecule has 0 radical (unpaired) electrons. The molecule has 1 aromatic rings. The van der Waals surface area contributed by atoms with E-state index >= 15 is 0 Å². The van der Waals surface area contributed by atoms with Gasteiger partial charge in [-0.1, -0.05) is 25.6 Å². The number of benzene rings is 1. The average Bonchev–Trinajstić information content (AvgIpc) is 3.06. The van der Waals surface area contributed by atoms with Gasteiger partial charge in [-0.25, -0.2) is 8.42 Å². The normalized spacial score (nSPS) is 25.2. The third-order valence-corrected chi connectivity index (χ3v) is 8.46. The molecule has 148 valence electrons. The molecule has 2 heterocycles. The van der Waals surface area contributed by atoms with Crippen molar-refractivity contribution in [1.82, 2.24) is 0 Å². The lowest BCUT2D eigenvalue weighted by atomic mass is 10.0. The second kappa shape index (κ2) is 7.83. The number of amidine groups is 1. The Hall–Kier alpha value is -1.54. The molecule has 0 N–H and O–H groups in total. The van der Waals surface area contributed by atoms with E-state index in [4.69, 9.17) is 0 Å². The van der Waals surface area contributed by atoms with Crippen molar-refractivity contribution in [2.45, 2.75) is 38.0 Å². The summed E-state index contributed by atoms with van der Waals surface area (Å²) in [4.78, 5) is 21.0. The van der Waals surface area contributed by atoms with Gasteiger partial charge in [0.05, 0.1) is 17.5 Å². The number of fused-ring (bicyclic) bond motifs is 1. The number of hydrogen-bond acceptors (Lipinski definition) is 5. The van der Waals surface area contributed by atoms with Crippen LogP contribution in [-0.2, 0) is 14.6 Å². The maximum absolute atomic E-state index is 12.6. The molecule has 0 saturated carbocycles. The van der Waals surface area contributed by atoms with Gasteiger partial charge in [0.2, 0.25) is 0 Å². The van der Waals surface area contributed by atoms with Crippen molar-refractivity contribution in [2.24, 2.45) is 10.9 Å². The number of aliphatic imine (C=N–C) groups is 1. The molecule has 8 heteroatoms. The molecule has 6 nitrogen and oxygen atoms in total. The van der Waals surface area contributed by atoms with Crippen LogP contribution >= 0.6 is 11.8 Å². The van der Waals surface area contributed by atoms with Crippen LogP contribution in [0.5, 0.6) is 0 Å². The van der Waals surface area contributed by atoms with Gasteiger partial charge in [0.25, 0.3) is 5.91 Å². The van der Waals surface area contributed by atoms with Crippen LogP contribution < -0.4 is 9.80 Å². The van der Waals surface area contributed by atoms with Gasteiger partial charge >= 0.3 is 0 Å². The number of amides is 1. The SMILES string of the molecule is CCC(CC)C(=O)N=C1S[C@H]2CS(=O)(=O)C[C@H]2N1c1ccc(N(C)C)cc1. The van der Waals surface area contributed by atoms with Crippen molar-refractivity contribution in [3.63, 3.8) is 0 Å². The zero-order valence-corrected chi connectivity index (χ0v) is 17.9. The highest BCUT2D eigenvalue weighted by molar-refractivity contribution is 8.16. The number of carbonyl (C=O) groups is 1. The Morgan fingerprint density at radius 1 is 1.22 bits per heavy atom. The van der Waals surface area contributed by atoms with Crippen LogP contribution in [0.1, 0.15) is 26.7 Å². The maximum Gasteiger partial charge on any atom is 0.251 e. The van der Waals surface area contributed by atoms with Gasteiger partial charge in [0.1, 0.15) is 0 Å². The Bertz CT molecular complexity index is 830. The number of nitrogens with zero attached hydrogens (tertiary/aromatic N) is 3. The fraction of sp³-hybridized carbons (Fsp3) is 0.579. The predicted molar refractivity (Wildman–Crippen MR) is 114 cm³/mol. The molecule has 27 heavy (non-hydrogen) atoms. The topological polar surface area (TPSA) is 70.0 Å². The molecule has 0 spiro atoms. The molecule has 2 aliphatic heterocycles. The average molecular weight is 410 g/mol. The van der Waals surface area contributed by atoms with Gasteiger partial charge < -0.3 is 9.80 Å². The molecule has 1 aromatic carbocycles.